The summed E-state index contributed by atoms with van der Waals surface area (Å²) >= 11 is 0. The van der Waals surface area contributed by atoms with E-state index in [1.54, 1.807) is 4.90 Å². The Kier molecular flexibility index (Phi) is 7.29. The van der Waals surface area contributed by atoms with Gasteiger partial charge in [0.05, 0.1) is 0 Å². The van der Waals surface area contributed by atoms with E-state index < -0.39 is 5.92 Å². The zero-order chi connectivity index (χ0) is 15.7. The van der Waals surface area contributed by atoms with Crippen LogP contribution in [-0.2, 0) is 11.2 Å². The van der Waals surface area contributed by atoms with Gasteiger partial charge in [-0.1, -0.05) is 48.8 Å². The molecule has 3 N–H and O–H groups in total. The molecule has 116 valence electrons. The smallest absolute Gasteiger partial charge is 0.233 e. The number of amidine groups is 1. The summed E-state index contributed by atoms with van der Waals surface area (Å²) in [4.78, 5) is 14.4. The molecular formula is C16H25N3O2. The van der Waals surface area contributed by atoms with E-state index >= 15 is 0 Å². The highest BCUT2D eigenvalue weighted by atomic mass is 16.4. The van der Waals surface area contributed by atoms with Crippen molar-refractivity contribution in [1.82, 2.24) is 4.90 Å². The third kappa shape index (κ3) is 5.10. The van der Waals surface area contributed by atoms with Crippen LogP contribution in [0.15, 0.2) is 35.5 Å². The van der Waals surface area contributed by atoms with Gasteiger partial charge in [0.15, 0.2) is 5.84 Å². The Morgan fingerprint density at radius 1 is 1.33 bits per heavy atom. The van der Waals surface area contributed by atoms with E-state index in [4.69, 9.17) is 10.9 Å². The predicted molar refractivity (Wildman–Crippen MR) is 84.2 cm³/mol. The molecule has 1 amide bonds. The van der Waals surface area contributed by atoms with E-state index in [2.05, 4.69) is 12.1 Å². The number of benzene rings is 1. The summed E-state index contributed by atoms with van der Waals surface area (Å²) in [5.74, 6) is -0.724. The maximum Gasteiger partial charge on any atom is 0.233 e. The minimum Gasteiger partial charge on any atom is -0.409 e. The van der Waals surface area contributed by atoms with Gasteiger partial charge in [-0.05, 0) is 25.3 Å². The number of amides is 1. The fourth-order valence-electron chi connectivity index (χ4n) is 2.23. The van der Waals surface area contributed by atoms with E-state index in [0.717, 1.165) is 18.4 Å². The van der Waals surface area contributed by atoms with E-state index in [1.165, 1.54) is 0 Å². The van der Waals surface area contributed by atoms with Gasteiger partial charge in [0, 0.05) is 13.1 Å². The summed E-state index contributed by atoms with van der Waals surface area (Å²) in [5, 5.41) is 12.0. The second-order valence-corrected chi connectivity index (χ2v) is 5.04. The number of carbonyl (C=O) groups excluding carboxylic acids is 1. The third-order valence-corrected chi connectivity index (χ3v) is 3.53. The molecule has 1 aromatic rings. The van der Waals surface area contributed by atoms with Crippen molar-refractivity contribution in [2.45, 2.75) is 33.1 Å². The zero-order valence-corrected chi connectivity index (χ0v) is 12.8. The first-order valence-electron chi connectivity index (χ1n) is 7.44. The number of rotatable bonds is 8. The van der Waals surface area contributed by atoms with Crippen LogP contribution in [0.4, 0.5) is 0 Å². The number of hydrogen-bond acceptors (Lipinski definition) is 3. The number of nitrogens with zero attached hydrogens (tertiary/aromatic N) is 2. The first kappa shape index (κ1) is 17.0. The highest BCUT2D eigenvalue weighted by Crippen LogP contribution is 2.13. The first-order chi connectivity index (χ1) is 10.1. The van der Waals surface area contributed by atoms with Crippen LogP contribution < -0.4 is 5.73 Å². The van der Waals surface area contributed by atoms with Crippen molar-refractivity contribution in [3.05, 3.63) is 35.9 Å². The molecule has 0 aliphatic heterocycles. The lowest BCUT2D eigenvalue weighted by Gasteiger charge is -2.25. The fourth-order valence-corrected chi connectivity index (χ4v) is 2.23. The zero-order valence-electron chi connectivity index (χ0n) is 12.8. The second kappa shape index (κ2) is 9.00. The Bertz CT molecular complexity index is 460. The summed E-state index contributed by atoms with van der Waals surface area (Å²) < 4.78 is 0. The van der Waals surface area contributed by atoms with Crippen molar-refractivity contribution < 1.29 is 10.0 Å². The molecular weight excluding hydrogens is 266 g/mol. The van der Waals surface area contributed by atoms with Crippen molar-refractivity contribution in [2.75, 3.05) is 13.1 Å². The van der Waals surface area contributed by atoms with Gasteiger partial charge in [0.25, 0.3) is 0 Å². The molecule has 0 fully saturated rings. The molecule has 1 aromatic carbocycles. The van der Waals surface area contributed by atoms with Gasteiger partial charge in [-0.15, -0.1) is 0 Å². The van der Waals surface area contributed by atoms with Crippen LogP contribution in [0.1, 0.15) is 32.3 Å². The molecule has 0 heterocycles. The molecule has 0 saturated carbocycles. The van der Waals surface area contributed by atoms with Crippen molar-refractivity contribution in [2.24, 2.45) is 16.8 Å². The highest BCUT2D eigenvalue weighted by molar-refractivity contribution is 6.02. The van der Waals surface area contributed by atoms with Gasteiger partial charge in [0.2, 0.25) is 5.91 Å². The SMILES string of the molecule is CCCCN(CC)C(=O)C(Cc1ccccc1)C(N)=NO. The molecule has 1 rings (SSSR count). The number of unbranched alkanes of at least 4 members (excludes halogenated alkanes) is 1. The Morgan fingerprint density at radius 2 is 2.00 bits per heavy atom. The van der Waals surface area contributed by atoms with Crippen LogP contribution in [0.2, 0.25) is 0 Å². The van der Waals surface area contributed by atoms with Crippen LogP contribution in [0.25, 0.3) is 0 Å². The topological polar surface area (TPSA) is 78.9 Å². The van der Waals surface area contributed by atoms with E-state index in [-0.39, 0.29) is 11.7 Å². The molecule has 0 aliphatic carbocycles. The van der Waals surface area contributed by atoms with Crippen LogP contribution >= 0.6 is 0 Å². The summed E-state index contributed by atoms with van der Waals surface area (Å²) in [5.41, 5.74) is 6.73. The lowest BCUT2D eigenvalue weighted by atomic mass is 9.96. The fraction of sp³-hybridized carbons (Fsp3) is 0.500. The third-order valence-electron chi connectivity index (χ3n) is 3.53. The van der Waals surface area contributed by atoms with Crippen molar-refractivity contribution >= 4 is 11.7 Å². The lowest BCUT2D eigenvalue weighted by molar-refractivity contribution is -0.133. The molecule has 0 bridgehead atoms. The molecule has 0 radical (unpaired) electrons. The molecule has 0 aromatic heterocycles. The lowest BCUT2D eigenvalue weighted by Crippen LogP contribution is -2.43. The van der Waals surface area contributed by atoms with Gasteiger partial charge < -0.3 is 15.8 Å². The summed E-state index contributed by atoms with van der Waals surface area (Å²) in [7, 11) is 0. The molecule has 21 heavy (non-hydrogen) atoms. The van der Waals surface area contributed by atoms with Gasteiger partial charge in [-0.2, -0.15) is 0 Å². The summed E-state index contributed by atoms with van der Waals surface area (Å²) in [6.07, 6.45) is 2.42. The highest BCUT2D eigenvalue weighted by Gasteiger charge is 2.27. The minimum absolute atomic E-state index is 0.0289. The Balaban J connectivity index is 2.88. The monoisotopic (exact) mass is 291 g/mol. The summed E-state index contributed by atoms with van der Waals surface area (Å²) in [6.45, 7) is 5.36. The predicted octanol–water partition coefficient (Wildman–Crippen LogP) is 2.24. The number of hydrogen-bond donors (Lipinski definition) is 2. The van der Waals surface area contributed by atoms with E-state index in [1.807, 2.05) is 37.3 Å². The maximum absolute atomic E-state index is 12.6. The molecule has 5 heteroatoms. The average molecular weight is 291 g/mol. The van der Waals surface area contributed by atoms with Gasteiger partial charge in [0.1, 0.15) is 5.92 Å². The molecule has 1 unspecified atom stereocenters. The Labute approximate surface area is 126 Å². The second-order valence-electron chi connectivity index (χ2n) is 5.04. The molecule has 0 saturated heterocycles. The molecule has 5 nitrogen and oxygen atoms in total. The van der Waals surface area contributed by atoms with Crippen molar-refractivity contribution in [1.29, 1.82) is 0 Å². The van der Waals surface area contributed by atoms with Crippen LogP contribution in [0, 0.1) is 5.92 Å². The van der Waals surface area contributed by atoms with Gasteiger partial charge >= 0.3 is 0 Å². The molecule has 0 aliphatic rings. The molecule has 0 spiro atoms. The number of nitrogens with two attached hydrogens (primary N) is 1. The normalized spacial score (nSPS) is 13.0. The quantitative estimate of drug-likeness (QED) is 0.334. The van der Waals surface area contributed by atoms with Gasteiger partial charge in [-0.3, -0.25) is 4.79 Å². The Morgan fingerprint density at radius 3 is 2.52 bits per heavy atom. The van der Waals surface area contributed by atoms with Crippen LogP contribution in [-0.4, -0.2) is 34.9 Å². The molecule has 1 atom stereocenters. The first-order valence-corrected chi connectivity index (χ1v) is 7.44. The standard InChI is InChI=1S/C16H25N3O2/c1-3-5-11-19(4-2)16(20)14(15(17)18-21)12-13-9-7-6-8-10-13/h6-10,14,21H,3-5,11-12H2,1-2H3,(H2,17,18). The summed E-state index contributed by atoms with van der Waals surface area (Å²) in [6, 6.07) is 9.62. The van der Waals surface area contributed by atoms with Crippen molar-refractivity contribution in [3.63, 3.8) is 0 Å². The van der Waals surface area contributed by atoms with Gasteiger partial charge in [-0.25, -0.2) is 0 Å². The van der Waals surface area contributed by atoms with E-state index in [9.17, 15) is 4.79 Å². The number of oxime groups is 1. The average Bonchev–Trinajstić information content (AvgIpc) is 2.53. The van der Waals surface area contributed by atoms with Crippen LogP contribution in [0.3, 0.4) is 0 Å². The number of carbonyl (C=O) groups is 1. The minimum atomic E-state index is -0.616. The Hall–Kier alpha value is -2.04. The van der Waals surface area contributed by atoms with Crippen LogP contribution in [0.5, 0.6) is 0 Å². The maximum atomic E-state index is 12.6. The largest absolute Gasteiger partial charge is 0.409 e. The van der Waals surface area contributed by atoms with E-state index in [0.29, 0.717) is 19.5 Å². The van der Waals surface area contributed by atoms with Crippen molar-refractivity contribution in [3.8, 4) is 0 Å².